The lowest BCUT2D eigenvalue weighted by Gasteiger charge is -2.17. The van der Waals surface area contributed by atoms with E-state index in [1.54, 1.807) is 19.2 Å². The highest BCUT2D eigenvalue weighted by atomic mass is 19.1. The van der Waals surface area contributed by atoms with Crippen molar-refractivity contribution in [3.8, 4) is 17.2 Å². The summed E-state index contributed by atoms with van der Waals surface area (Å²) in [5, 5.41) is 0. The van der Waals surface area contributed by atoms with Gasteiger partial charge in [-0.05, 0) is 35.9 Å². The molecule has 3 rings (SSSR count). The van der Waals surface area contributed by atoms with Crippen molar-refractivity contribution >= 4 is 11.9 Å². The second kappa shape index (κ2) is 7.94. The average molecular weight is 375 g/mol. The number of hydrogen-bond acceptors (Lipinski definition) is 6. The fourth-order valence-corrected chi connectivity index (χ4v) is 2.51. The third-order valence-corrected chi connectivity index (χ3v) is 4.00. The molecule has 2 aromatic rings. The molecular weight excluding hydrogens is 357 g/mol. The van der Waals surface area contributed by atoms with Gasteiger partial charge in [0.05, 0.1) is 12.7 Å². The monoisotopic (exact) mass is 375 g/mol. The Hall–Kier alpha value is -3.29. The number of carbonyl (C=O) groups is 2. The van der Waals surface area contributed by atoms with Crippen LogP contribution in [-0.2, 0) is 16.1 Å². The van der Waals surface area contributed by atoms with Gasteiger partial charge in [0.1, 0.15) is 0 Å². The molecule has 1 heterocycles. The molecule has 7 nitrogen and oxygen atoms in total. The molecule has 8 heteroatoms. The molecule has 0 saturated heterocycles. The second-order valence-corrected chi connectivity index (χ2v) is 5.86. The van der Waals surface area contributed by atoms with Crippen LogP contribution in [0.15, 0.2) is 36.4 Å². The van der Waals surface area contributed by atoms with Crippen LogP contribution in [0.3, 0.4) is 0 Å². The van der Waals surface area contributed by atoms with E-state index in [0.29, 0.717) is 17.1 Å². The first-order valence-corrected chi connectivity index (χ1v) is 8.11. The summed E-state index contributed by atoms with van der Waals surface area (Å²) in [6.07, 6.45) is 0. The highest BCUT2D eigenvalue weighted by molar-refractivity contribution is 5.92. The van der Waals surface area contributed by atoms with Crippen molar-refractivity contribution in [3.05, 3.63) is 53.3 Å². The lowest BCUT2D eigenvalue weighted by molar-refractivity contribution is -0.133. The summed E-state index contributed by atoms with van der Waals surface area (Å²) in [6.45, 7) is -0.160. The number of ether oxygens (including phenoxy) is 4. The van der Waals surface area contributed by atoms with Gasteiger partial charge in [-0.1, -0.05) is 6.07 Å². The first kappa shape index (κ1) is 18.5. The molecule has 0 fully saturated rings. The van der Waals surface area contributed by atoms with Crippen LogP contribution in [0, 0.1) is 5.82 Å². The van der Waals surface area contributed by atoms with Crippen LogP contribution >= 0.6 is 0 Å². The number of carbonyl (C=O) groups excluding carboxylic acids is 2. The molecule has 0 unspecified atom stereocenters. The van der Waals surface area contributed by atoms with Gasteiger partial charge < -0.3 is 23.8 Å². The molecule has 1 aliphatic heterocycles. The molecule has 0 saturated carbocycles. The van der Waals surface area contributed by atoms with Gasteiger partial charge in [-0.15, -0.1) is 0 Å². The van der Waals surface area contributed by atoms with Crippen LogP contribution in [-0.4, -0.2) is 44.3 Å². The normalized spacial score (nSPS) is 11.8. The van der Waals surface area contributed by atoms with Crippen LogP contribution in [0.2, 0.25) is 0 Å². The molecule has 1 aliphatic rings. The Morgan fingerprint density at radius 3 is 2.67 bits per heavy atom. The van der Waals surface area contributed by atoms with E-state index in [2.05, 4.69) is 0 Å². The molecule has 142 valence electrons. The van der Waals surface area contributed by atoms with Gasteiger partial charge in [-0.3, -0.25) is 4.79 Å². The summed E-state index contributed by atoms with van der Waals surface area (Å²) in [6, 6.07) is 9.07. The van der Waals surface area contributed by atoms with Gasteiger partial charge in [0.15, 0.2) is 29.7 Å². The van der Waals surface area contributed by atoms with Crippen molar-refractivity contribution in [1.29, 1.82) is 0 Å². The predicted molar refractivity (Wildman–Crippen MR) is 92.3 cm³/mol. The third kappa shape index (κ3) is 4.28. The Bertz CT molecular complexity index is 869. The topological polar surface area (TPSA) is 74.3 Å². The van der Waals surface area contributed by atoms with E-state index in [1.165, 1.54) is 36.3 Å². The van der Waals surface area contributed by atoms with Crippen molar-refractivity contribution in [2.24, 2.45) is 0 Å². The minimum Gasteiger partial charge on any atom is -0.494 e. The van der Waals surface area contributed by atoms with E-state index in [4.69, 9.17) is 18.9 Å². The van der Waals surface area contributed by atoms with Crippen molar-refractivity contribution in [2.75, 3.05) is 27.6 Å². The fraction of sp³-hybridized carbons (Fsp3) is 0.263. The SMILES string of the molecule is COc1ccc(CN(C)C(=O)COC(=O)c2ccc3c(c2)OCO3)cc1F. The number of nitrogens with zero attached hydrogens (tertiary/aromatic N) is 1. The first-order chi connectivity index (χ1) is 13.0. The number of benzene rings is 2. The molecule has 0 bridgehead atoms. The summed E-state index contributed by atoms with van der Waals surface area (Å²) < 4.78 is 34.0. The Morgan fingerprint density at radius 1 is 1.15 bits per heavy atom. The number of fused-ring (bicyclic) bond motifs is 1. The maximum Gasteiger partial charge on any atom is 0.338 e. The smallest absolute Gasteiger partial charge is 0.338 e. The number of methoxy groups -OCH3 is 1. The number of esters is 1. The van der Waals surface area contributed by atoms with E-state index >= 15 is 0 Å². The van der Waals surface area contributed by atoms with Crippen molar-refractivity contribution < 1.29 is 32.9 Å². The van der Waals surface area contributed by atoms with E-state index in [1.807, 2.05) is 0 Å². The van der Waals surface area contributed by atoms with Crippen molar-refractivity contribution in [1.82, 2.24) is 4.90 Å². The molecule has 2 aromatic carbocycles. The predicted octanol–water partition coefficient (Wildman–Crippen LogP) is 2.38. The van der Waals surface area contributed by atoms with E-state index < -0.39 is 24.3 Å². The number of hydrogen-bond donors (Lipinski definition) is 0. The second-order valence-electron chi connectivity index (χ2n) is 5.86. The first-order valence-electron chi connectivity index (χ1n) is 8.11. The van der Waals surface area contributed by atoms with Gasteiger partial charge >= 0.3 is 5.97 Å². The molecule has 0 atom stereocenters. The van der Waals surface area contributed by atoms with Gasteiger partial charge in [0, 0.05) is 13.6 Å². The number of halogens is 1. The quantitative estimate of drug-likeness (QED) is 0.722. The zero-order valence-electron chi connectivity index (χ0n) is 14.9. The minimum atomic E-state index is -0.648. The average Bonchev–Trinajstić information content (AvgIpc) is 3.13. The molecule has 0 radical (unpaired) electrons. The number of rotatable bonds is 6. The van der Waals surface area contributed by atoms with Crippen molar-refractivity contribution in [2.45, 2.75) is 6.54 Å². The molecule has 0 N–H and O–H groups in total. The Balaban J connectivity index is 1.53. The minimum absolute atomic E-state index is 0.100. The zero-order chi connectivity index (χ0) is 19.4. The molecular formula is C19H18FNO6. The van der Waals surface area contributed by atoms with Crippen LogP contribution in [0.25, 0.3) is 0 Å². The lowest BCUT2D eigenvalue weighted by atomic mass is 10.2. The largest absolute Gasteiger partial charge is 0.494 e. The molecule has 0 spiro atoms. The highest BCUT2D eigenvalue weighted by Crippen LogP contribution is 2.32. The zero-order valence-corrected chi connectivity index (χ0v) is 14.9. The lowest BCUT2D eigenvalue weighted by Crippen LogP contribution is -2.30. The summed E-state index contributed by atoms with van der Waals surface area (Å²) in [5.41, 5.74) is 0.846. The van der Waals surface area contributed by atoms with E-state index in [-0.39, 0.29) is 24.7 Å². The van der Waals surface area contributed by atoms with Gasteiger partial charge in [-0.25, -0.2) is 9.18 Å². The van der Waals surface area contributed by atoms with Gasteiger partial charge in [0.25, 0.3) is 5.91 Å². The van der Waals surface area contributed by atoms with E-state index in [0.717, 1.165) is 0 Å². The summed E-state index contributed by atoms with van der Waals surface area (Å²) >= 11 is 0. The summed E-state index contributed by atoms with van der Waals surface area (Å²) in [5.74, 6) is -0.440. The number of likely N-dealkylation sites (N-methyl/N-ethyl adjacent to an activating group) is 1. The van der Waals surface area contributed by atoms with Gasteiger partial charge in [0.2, 0.25) is 6.79 Å². The Labute approximate surface area is 155 Å². The Morgan fingerprint density at radius 2 is 1.93 bits per heavy atom. The summed E-state index contributed by atoms with van der Waals surface area (Å²) in [4.78, 5) is 25.6. The van der Waals surface area contributed by atoms with Crippen molar-refractivity contribution in [3.63, 3.8) is 0 Å². The Kier molecular flexibility index (Phi) is 5.44. The summed E-state index contributed by atoms with van der Waals surface area (Å²) in [7, 11) is 2.92. The maximum atomic E-state index is 13.7. The standard InChI is InChI=1S/C19H18FNO6/c1-21(9-12-3-5-15(24-2)14(20)7-12)18(22)10-25-19(23)13-4-6-16-17(8-13)27-11-26-16/h3-8H,9-11H2,1-2H3. The molecule has 0 aromatic heterocycles. The van der Waals surface area contributed by atoms with Crippen LogP contribution in [0.4, 0.5) is 4.39 Å². The third-order valence-electron chi connectivity index (χ3n) is 4.00. The van der Waals surface area contributed by atoms with Crippen LogP contribution < -0.4 is 14.2 Å². The molecule has 27 heavy (non-hydrogen) atoms. The van der Waals surface area contributed by atoms with E-state index in [9.17, 15) is 14.0 Å². The van der Waals surface area contributed by atoms with Crippen LogP contribution in [0.5, 0.6) is 17.2 Å². The molecule has 1 amide bonds. The number of amides is 1. The van der Waals surface area contributed by atoms with Gasteiger partial charge in [-0.2, -0.15) is 0 Å². The highest BCUT2D eigenvalue weighted by Gasteiger charge is 2.19. The maximum absolute atomic E-state index is 13.7. The fourth-order valence-electron chi connectivity index (χ4n) is 2.51. The molecule has 0 aliphatic carbocycles. The van der Waals surface area contributed by atoms with Crippen LogP contribution in [0.1, 0.15) is 15.9 Å².